The van der Waals surface area contributed by atoms with Gasteiger partial charge in [0.05, 0.1) is 11.4 Å². The SMILES string of the molecule is Cc1cc(-c2ccccc2)c(O)c(-c2ccccc2-c2cccc(-c3ccccc3-c3cc(C)cc(-c4ccccc4)c3O)n2)c1.[Cl][Zr][Cl]. The molecule has 3 nitrogen and oxygen atoms in total. The second-order valence-electron chi connectivity index (χ2n) is 11.7. The van der Waals surface area contributed by atoms with Gasteiger partial charge in [0.2, 0.25) is 0 Å². The number of halogens is 2. The van der Waals surface area contributed by atoms with Gasteiger partial charge in [-0.2, -0.15) is 0 Å². The van der Waals surface area contributed by atoms with Gasteiger partial charge in [-0.25, -0.2) is 4.98 Å². The Hall–Kier alpha value is -4.47. The van der Waals surface area contributed by atoms with Crippen molar-refractivity contribution in [3.63, 3.8) is 0 Å². The number of aromatic hydroxyl groups is 2. The molecule has 0 aliphatic heterocycles. The number of nitrogens with zero attached hydrogens (tertiary/aromatic N) is 1. The summed E-state index contributed by atoms with van der Waals surface area (Å²) >= 11 is -0.826. The predicted octanol–water partition coefficient (Wildman–Crippen LogP) is 12.5. The summed E-state index contributed by atoms with van der Waals surface area (Å²) in [6.07, 6.45) is 0. The van der Waals surface area contributed by atoms with Gasteiger partial charge in [-0.3, -0.25) is 0 Å². The molecule has 7 aromatic rings. The summed E-state index contributed by atoms with van der Waals surface area (Å²) in [5, 5.41) is 23.2. The summed E-state index contributed by atoms with van der Waals surface area (Å²) in [7, 11) is 9.87. The van der Waals surface area contributed by atoms with Crippen molar-refractivity contribution in [1.29, 1.82) is 0 Å². The molecule has 0 fully saturated rings. The van der Waals surface area contributed by atoms with Crippen LogP contribution in [0, 0.1) is 13.8 Å². The standard InChI is InChI=1S/C43H33NO2.2ClH.Zr/c1-28-24-36(30-14-5-3-6-15-30)42(45)38(26-28)32-18-9-11-20-34(32)40-22-13-23-41(44-40)35-21-12-10-19-33(35)39-27-29(2)25-37(43(39)46)31-16-7-4-8-17-31;;;/h3-27,45-46H,1-2H3;2*1H;/q;;;+2/p-2. The van der Waals surface area contributed by atoms with E-state index < -0.39 is 20.8 Å². The molecule has 0 amide bonds. The molecule has 240 valence electrons. The molecule has 0 saturated heterocycles. The van der Waals surface area contributed by atoms with Crippen LogP contribution in [0.3, 0.4) is 0 Å². The van der Waals surface area contributed by atoms with Gasteiger partial charge in [-0.15, -0.1) is 0 Å². The molecule has 7 rings (SSSR count). The van der Waals surface area contributed by atoms with Crippen LogP contribution in [0.4, 0.5) is 0 Å². The fraction of sp³-hybridized carbons (Fsp3) is 0.0465. The van der Waals surface area contributed by atoms with E-state index in [0.29, 0.717) is 0 Å². The first-order chi connectivity index (χ1) is 23.9. The van der Waals surface area contributed by atoms with Gasteiger partial charge in [-0.1, -0.05) is 115 Å². The minimum absolute atomic E-state index is 0.245. The van der Waals surface area contributed by atoms with Crippen LogP contribution in [0.25, 0.3) is 67.0 Å². The van der Waals surface area contributed by atoms with Crippen molar-refractivity contribution >= 4 is 17.0 Å². The molecule has 6 aromatic carbocycles. The van der Waals surface area contributed by atoms with E-state index in [2.05, 4.69) is 26.0 Å². The average Bonchev–Trinajstić information content (AvgIpc) is 3.14. The molecule has 49 heavy (non-hydrogen) atoms. The number of benzene rings is 6. The van der Waals surface area contributed by atoms with Crippen molar-refractivity contribution in [2.24, 2.45) is 0 Å². The number of hydrogen-bond donors (Lipinski definition) is 2. The van der Waals surface area contributed by atoms with Gasteiger partial charge < -0.3 is 10.2 Å². The number of aromatic nitrogens is 1. The Labute approximate surface area is 306 Å². The normalized spacial score (nSPS) is 10.6. The molecule has 0 aliphatic carbocycles. The average molecular weight is 758 g/mol. The van der Waals surface area contributed by atoms with Crippen LogP contribution in [0.15, 0.2) is 152 Å². The Bertz CT molecular complexity index is 2070. The number of pyridine rings is 1. The number of aryl methyl sites for hydroxylation is 2. The van der Waals surface area contributed by atoms with Gasteiger partial charge in [0.1, 0.15) is 11.5 Å². The molecule has 2 N–H and O–H groups in total. The van der Waals surface area contributed by atoms with Gasteiger partial charge in [-0.05, 0) is 83.6 Å². The molecule has 0 aliphatic rings. The summed E-state index contributed by atoms with van der Waals surface area (Å²) < 4.78 is 0. The molecule has 0 spiro atoms. The van der Waals surface area contributed by atoms with Gasteiger partial charge in [0.25, 0.3) is 0 Å². The van der Waals surface area contributed by atoms with Crippen molar-refractivity contribution < 1.29 is 31.1 Å². The fourth-order valence-electron chi connectivity index (χ4n) is 6.26. The van der Waals surface area contributed by atoms with Crippen LogP contribution in [-0.2, 0) is 20.8 Å². The van der Waals surface area contributed by atoms with E-state index in [1.165, 1.54) is 0 Å². The molecule has 1 aromatic heterocycles. The van der Waals surface area contributed by atoms with E-state index in [-0.39, 0.29) is 11.5 Å². The van der Waals surface area contributed by atoms with Crippen LogP contribution in [0.2, 0.25) is 0 Å². The summed E-state index contributed by atoms with van der Waals surface area (Å²) in [6.45, 7) is 4.11. The first kappa shape index (κ1) is 34.4. The van der Waals surface area contributed by atoms with Crippen molar-refractivity contribution in [3.05, 3.63) is 163 Å². The summed E-state index contributed by atoms with van der Waals surface area (Å²) in [5.41, 5.74) is 12.4. The van der Waals surface area contributed by atoms with Crippen molar-refractivity contribution in [1.82, 2.24) is 4.98 Å². The molecular formula is C43H33Cl2NO2Zr. The Morgan fingerprint density at radius 1 is 0.408 bits per heavy atom. The zero-order valence-electron chi connectivity index (χ0n) is 27.0. The van der Waals surface area contributed by atoms with Crippen LogP contribution in [0.5, 0.6) is 11.5 Å². The van der Waals surface area contributed by atoms with E-state index in [1.807, 2.05) is 140 Å². The molecule has 6 heteroatoms. The van der Waals surface area contributed by atoms with Crippen molar-refractivity contribution in [2.45, 2.75) is 13.8 Å². The monoisotopic (exact) mass is 755 g/mol. The van der Waals surface area contributed by atoms with Crippen molar-refractivity contribution in [3.8, 4) is 78.5 Å². The number of hydrogen-bond acceptors (Lipinski definition) is 3. The van der Waals surface area contributed by atoms with E-state index in [4.69, 9.17) is 22.0 Å². The van der Waals surface area contributed by atoms with Gasteiger partial charge in [0, 0.05) is 33.4 Å². The molecule has 0 bridgehead atoms. The van der Waals surface area contributed by atoms with Crippen LogP contribution >= 0.6 is 17.0 Å². The Morgan fingerprint density at radius 3 is 1.12 bits per heavy atom. The maximum absolute atomic E-state index is 11.6. The molecule has 0 saturated carbocycles. The first-order valence-corrected chi connectivity index (χ1v) is 22.1. The topological polar surface area (TPSA) is 53.4 Å². The summed E-state index contributed by atoms with van der Waals surface area (Å²) in [5.74, 6) is 0.491. The van der Waals surface area contributed by atoms with Crippen LogP contribution in [0.1, 0.15) is 11.1 Å². The second kappa shape index (κ2) is 15.8. The van der Waals surface area contributed by atoms with Crippen LogP contribution < -0.4 is 0 Å². The maximum atomic E-state index is 11.6. The zero-order chi connectivity index (χ0) is 34.3. The molecule has 0 radical (unpaired) electrons. The quantitative estimate of drug-likeness (QED) is 0.178. The van der Waals surface area contributed by atoms with E-state index in [9.17, 15) is 10.2 Å². The molecular weight excluding hydrogens is 725 g/mol. The third kappa shape index (κ3) is 7.58. The Balaban J connectivity index is 0.00000134. The van der Waals surface area contributed by atoms with E-state index in [1.54, 1.807) is 0 Å². The minimum atomic E-state index is -0.826. The molecule has 0 atom stereocenters. The summed E-state index contributed by atoms with van der Waals surface area (Å²) in [6, 6.07) is 50.3. The van der Waals surface area contributed by atoms with E-state index >= 15 is 0 Å². The summed E-state index contributed by atoms with van der Waals surface area (Å²) in [4.78, 5) is 5.19. The predicted molar refractivity (Wildman–Crippen MR) is 201 cm³/mol. The molecule has 1 heterocycles. The number of phenolic OH excluding ortho intramolecular Hbond substituents is 2. The first-order valence-electron chi connectivity index (χ1n) is 15.8. The molecule has 0 unspecified atom stereocenters. The third-order valence-corrected chi connectivity index (χ3v) is 8.41. The van der Waals surface area contributed by atoms with Crippen molar-refractivity contribution in [2.75, 3.05) is 0 Å². The Kier molecular flexibility index (Phi) is 11.1. The number of rotatable bonds is 6. The van der Waals surface area contributed by atoms with E-state index in [0.717, 1.165) is 78.1 Å². The van der Waals surface area contributed by atoms with Gasteiger partial charge >= 0.3 is 37.9 Å². The van der Waals surface area contributed by atoms with Crippen LogP contribution in [-0.4, -0.2) is 15.2 Å². The number of phenols is 2. The third-order valence-electron chi connectivity index (χ3n) is 8.41. The Morgan fingerprint density at radius 2 is 0.735 bits per heavy atom. The van der Waals surface area contributed by atoms with Gasteiger partial charge in [0.15, 0.2) is 0 Å². The zero-order valence-corrected chi connectivity index (χ0v) is 31.0. The second-order valence-corrected chi connectivity index (χ2v) is 15.5. The fourth-order valence-corrected chi connectivity index (χ4v) is 6.26.